The third-order valence-corrected chi connectivity index (χ3v) is 6.74. The Labute approximate surface area is 192 Å². The van der Waals surface area contributed by atoms with E-state index in [0.717, 1.165) is 11.5 Å². The van der Waals surface area contributed by atoms with Gasteiger partial charge < -0.3 is 24.8 Å². The first kappa shape index (κ1) is 22.6. The van der Waals surface area contributed by atoms with Crippen molar-refractivity contribution in [3.05, 3.63) is 96.4 Å². The molecule has 0 saturated carbocycles. The number of hydrogen-bond donors (Lipinski definition) is 0. The maximum atomic E-state index is 5.77. The SMILES string of the molecule is CC1=CC2C=CC=C2S1.Cc1ccc(C2[C]([Zr+2])=Cc3ccccc32)o1.[Cl-].[Cl-]. The second-order valence-corrected chi connectivity index (χ2v) is 9.21. The monoisotopic (exact) mass is 491 g/mol. The van der Waals surface area contributed by atoms with Crippen molar-refractivity contribution in [3.63, 3.8) is 0 Å². The molecule has 1 aliphatic heterocycles. The van der Waals surface area contributed by atoms with Crippen molar-refractivity contribution in [1.29, 1.82) is 0 Å². The number of aryl methyl sites for hydroxylation is 1. The molecule has 2 aromatic rings. The van der Waals surface area contributed by atoms with Crippen LogP contribution in [0.15, 0.2) is 78.2 Å². The van der Waals surface area contributed by atoms with Crippen LogP contribution in [0, 0.1) is 12.8 Å². The van der Waals surface area contributed by atoms with Gasteiger partial charge in [-0.25, -0.2) is 0 Å². The van der Waals surface area contributed by atoms with E-state index < -0.39 is 0 Å². The van der Waals surface area contributed by atoms with E-state index in [-0.39, 0.29) is 24.8 Å². The van der Waals surface area contributed by atoms with Crippen molar-refractivity contribution in [2.24, 2.45) is 5.92 Å². The Morgan fingerprint density at radius 2 is 1.81 bits per heavy atom. The second kappa shape index (κ2) is 9.65. The van der Waals surface area contributed by atoms with Crippen molar-refractivity contribution in [1.82, 2.24) is 0 Å². The molecule has 0 radical (unpaired) electrons. The van der Waals surface area contributed by atoms with Crippen molar-refractivity contribution in [2.75, 3.05) is 0 Å². The average molecular weight is 494 g/mol. The number of fused-ring (bicyclic) bond motifs is 2. The summed E-state index contributed by atoms with van der Waals surface area (Å²) in [5.74, 6) is 3.05. The molecule has 1 nitrogen and oxygen atoms in total. The number of allylic oxidation sites excluding steroid dienone is 7. The first-order valence-corrected chi connectivity index (χ1v) is 10.5. The summed E-state index contributed by atoms with van der Waals surface area (Å²) in [6.07, 6.45) is 11.2. The van der Waals surface area contributed by atoms with Gasteiger partial charge in [-0.2, -0.15) is 0 Å². The van der Waals surface area contributed by atoms with Crippen molar-refractivity contribution in [3.8, 4) is 0 Å². The van der Waals surface area contributed by atoms with E-state index in [0.29, 0.717) is 11.8 Å². The molecule has 0 fully saturated rings. The van der Waals surface area contributed by atoms with Gasteiger partial charge in [-0.05, 0) is 11.8 Å². The van der Waals surface area contributed by atoms with Gasteiger partial charge in [-0.1, -0.05) is 36.1 Å². The third kappa shape index (κ3) is 4.82. The summed E-state index contributed by atoms with van der Waals surface area (Å²) in [5, 5.41) is 0. The first-order valence-electron chi connectivity index (χ1n) is 8.45. The summed E-state index contributed by atoms with van der Waals surface area (Å²) >= 11 is 3.36. The van der Waals surface area contributed by atoms with Crippen molar-refractivity contribution < 1.29 is 54.0 Å². The number of thioether (sulfide) groups is 1. The molecule has 137 valence electrons. The zero-order valence-electron chi connectivity index (χ0n) is 15.1. The molecule has 5 heteroatoms. The van der Waals surface area contributed by atoms with Crippen LogP contribution in [0.4, 0.5) is 0 Å². The quantitative estimate of drug-likeness (QED) is 0.569. The minimum Gasteiger partial charge on any atom is -1.00 e. The number of hydrogen-bond acceptors (Lipinski definition) is 2. The molecule has 5 rings (SSSR count). The largest absolute Gasteiger partial charge is 1.00 e. The van der Waals surface area contributed by atoms with Gasteiger partial charge in [-0.3, -0.25) is 0 Å². The topological polar surface area (TPSA) is 13.1 Å². The molecule has 0 N–H and O–H groups in total. The summed E-state index contributed by atoms with van der Waals surface area (Å²) in [4.78, 5) is 2.93. The van der Waals surface area contributed by atoms with Crippen molar-refractivity contribution >= 4 is 17.8 Å². The number of benzene rings is 1. The van der Waals surface area contributed by atoms with Gasteiger partial charge in [0.2, 0.25) is 0 Å². The van der Waals surface area contributed by atoms with Gasteiger partial charge in [0.1, 0.15) is 0 Å². The number of furan rings is 1. The molecule has 3 aliphatic rings. The van der Waals surface area contributed by atoms with Gasteiger partial charge in [0.25, 0.3) is 0 Å². The van der Waals surface area contributed by atoms with E-state index in [9.17, 15) is 0 Å². The average Bonchev–Trinajstić information content (AvgIpc) is 3.31. The molecule has 1 aromatic heterocycles. The van der Waals surface area contributed by atoms with Gasteiger partial charge in [0, 0.05) is 10.8 Å². The zero-order valence-corrected chi connectivity index (χ0v) is 19.9. The summed E-state index contributed by atoms with van der Waals surface area (Å²) in [6.45, 7) is 4.16. The van der Waals surface area contributed by atoms with Gasteiger partial charge in [0.05, 0.1) is 0 Å². The Kier molecular flexibility index (Phi) is 8.07. The fraction of sp³-hybridized carbons (Fsp3) is 0.182. The molecule has 0 bridgehead atoms. The molecule has 2 aliphatic carbocycles. The molecular formula is C22H19Cl2OSZr. The Hall–Kier alpha value is -0.727. The fourth-order valence-electron chi connectivity index (χ4n) is 3.43. The van der Waals surface area contributed by atoms with Crippen LogP contribution in [-0.2, 0) is 24.7 Å². The third-order valence-electron chi connectivity index (χ3n) is 4.58. The zero-order chi connectivity index (χ0) is 17.4. The summed E-state index contributed by atoms with van der Waals surface area (Å²) < 4.78 is 7.22. The summed E-state index contributed by atoms with van der Waals surface area (Å²) in [7, 11) is 0. The molecular weight excluding hydrogens is 474 g/mol. The Morgan fingerprint density at radius 1 is 1.04 bits per heavy atom. The number of halogens is 2. The minimum absolute atomic E-state index is 0. The van der Waals surface area contributed by atoms with Crippen LogP contribution in [0.25, 0.3) is 6.08 Å². The molecule has 2 heterocycles. The van der Waals surface area contributed by atoms with Gasteiger partial charge >= 0.3 is 110 Å². The Balaban J connectivity index is 0.000000205. The van der Waals surface area contributed by atoms with Crippen LogP contribution < -0.4 is 24.8 Å². The summed E-state index contributed by atoms with van der Waals surface area (Å²) in [5.41, 5.74) is 2.72. The molecule has 0 saturated heterocycles. The molecule has 2 atom stereocenters. The molecule has 0 spiro atoms. The standard InChI is InChI=1S/C14H11O.C8H8S.2ClH.Zr/c1-10-6-9-14(15-10)13-8-7-11-4-2-3-5-12(11)13;1-6-5-7-3-2-4-8(7)9-6;;;/h2-7,9,13H,1H3;2-5,7H,1H3;2*1H;/q;;;;+2/p-2. The maximum absolute atomic E-state index is 5.77. The van der Waals surface area contributed by atoms with Crippen LogP contribution in [-0.4, -0.2) is 0 Å². The predicted molar refractivity (Wildman–Crippen MR) is 102 cm³/mol. The van der Waals surface area contributed by atoms with E-state index in [1.54, 1.807) is 0 Å². The number of rotatable bonds is 1. The normalized spacial score (nSPS) is 21.0. The van der Waals surface area contributed by atoms with Crippen molar-refractivity contribution in [2.45, 2.75) is 19.8 Å². The smallest absolute Gasteiger partial charge is 1.00 e. The van der Waals surface area contributed by atoms with Crippen LogP contribution in [0.3, 0.4) is 0 Å². The van der Waals surface area contributed by atoms with E-state index in [4.69, 9.17) is 4.42 Å². The van der Waals surface area contributed by atoms with Crippen LogP contribution in [0.5, 0.6) is 0 Å². The molecule has 0 amide bonds. The van der Waals surface area contributed by atoms with Crippen LogP contribution in [0.1, 0.15) is 35.5 Å². The van der Waals surface area contributed by atoms with E-state index >= 15 is 0 Å². The van der Waals surface area contributed by atoms with Crippen LogP contribution >= 0.6 is 11.8 Å². The van der Waals surface area contributed by atoms with E-state index in [1.807, 2.05) is 24.8 Å². The fourth-order valence-corrected chi connectivity index (χ4v) is 5.56. The Morgan fingerprint density at radius 3 is 2.52 bits per heavy atom. The Bertz CT molecular complexity index is 939. The summed E-state index contributed by atoms with van der Waals surface area (Å²) in [6, 6.07) is 12.7. The second-order valence-electron chi connectivity index (χ2n) is 6.47. The van der Waals surface area contributed by atoms with Gasteiger partial charge in [0.15, 0.2) is 0 Å². The minimum atomic E-state index is 0. The molecule has 2 unspecified atom stereocenters. The first-order chi connectivity index (χ1) is 12.1. The van der Waals surface area contributed by atoms with Gasteiger partial charge in [-0.15, -0.1) is 0 Å². The predicted octanol–water partition coefficient (Wildman–Crippen LogP) is 0.336. The van der Waals surface area contributed by atoms with E-state index in [2.05, 4.69) is 67.6 Å². The maximum Gasteiger partial charge on any atom is -1.00 e. The molecule has 1 aromatic carbocycles. The van der Waals surface area contributed by atoms with Crippen LogP contribution in [0.2, 0.25) is 0 Å². The molecule has 27 heavy (non-hydrogen) atoms. The van der Waals surface area contributed by atoms with E-state index in [1.165, 1.54) is 48.9 Å².